The minimum Gasteiger partial charge on any atom is -0.429 e. The van der Waals surface area contributed by atoms with Crippen LogP contribution >= 0.6 is 0 Å². The van der Waals surface area contributed by atoms with Crippen molar-refractivity contribution >= 4 is 0 Å². The fourth-order valence-corrected chi connectivity index (χ4v) is 13.3. The van der Waals surface area contributed by atoms with Gasteiger partial charge in [-0.15, -0.1) is 0 Å². The fraction of sp³-hybridized carbons (Fsp3) is 0.209. The third-order valence-corrected chi connectivity index (χ3v) is 19.3. The first-order valence-corrected chi connectivity index (χ1v) is 37.7. The molecule has 0 aliphatic heterocycles. The van der Waals surface area contributed by atoms with Gasteiger partial charge in [0.2, 0.25) is 0 Å². The summed E-state index contributed by atoms with van der Waals surface area (Å²) in [6.07, 6.45) is -17.2. The lowest BCUT2D eigenvalue weighted by Crippen LogP contribution is -2.25. The molecule has 0 unspecified atom stereocenters. The van der Waals surface area contributed by atoms with Crippen LogP contribution in [-0.4, -0.2) is 0 Å². The van der Waals surface area contributed by atoms with Gasteiger partial charge in [0.1, 0.15) is 156 Å². The van der Waals surface area contributed by atoms with E-state index in [9.17, 15) is 123 Å². The lowest BCUT2D eigenvalue weighted by atomic mass is 9.96. The first-order chi connectivity index (χ1) is 59.9. The second-order valence-electron chi connectivity index (χ2n) is 28.4. The number of benzene rings is 12. The van der Waals surface area contributed by atoms with Crippen LogP contribution in [0.25, 0.3) is 66.8 Å². The zero-order valence-corrected chi connectivity index (χ0v) is 65.4. The fourth-order valence-electron chi connectivity index (χ4n) is 13.3. The Bertz CT molecular complexity index is 5930. The maximum atomic E-state index is 15.0. The molecular formula is C91H58F34O3. The Labute approximate surface area is 703 Å². The van der Waals surface area contributed by atoms with Gasteiger partial charge in [-0.05, 0) is 180 Å². The highest BCUT2D eigenvalue weighted by molar-refractivity contribution is 5.76. The molecule has 678 valence electrons. The summed E-state index contributed by atoms with van der Waals surface area (Å²) >= 11 is 0. The second kappa shape index (κ2) is 39.5. The van der Waals surface area contributed by atoms with E-state index in [1.54, 1.807) is 18.2 Å². The van der Waals surface area contributed by atoms with E-state index in [4.69, 9.17) is 0 Å². The first kappa shape index (κ1) is 97.8. The van der Waals surface area contributed by atoms with Crippen molar-refractivity contribution in [2.45, 2.75) is 122 Å². The quantitative estimate of drug-likeness (QED) is 0.0307. The summed E-state index contributed by atoms with van der Waals surface area (Å²) in [5.74, 6) is -42.7. The SMILES string of the molecule is CCCCCc1ccc(-c2cc(F)c(-c3cc(F)c(C(F)(F)Oc4cc(F)c(C(F)(F)F)c(F)c4)c(F)c3)c(F)c2)c(F)c1.CCCCCc1ccc(-c2cc(F)c(-c3cc(F)c(C(F)(F)Oc4cc(F)c(F)c(F)c4)c(F)c3)c(F)c2)c(F)c1.CCCCc1ccc(-c2cc(F)c(-c3cc(F)c(C(F)(F)Oc4cc(F)c(C(F)(F)F)c(F)c4)c(F)c3)c(F)c2)c(F)c1. The summed E-state index contributed by atoms with van der Waals surface area (Å²) in [6.45, 7) is 5.95. The van der Waals surface area contributed by atoms with Crippen molar-refractivity contribution < 1.29 is 163 Å². The molecule has 0 spiro atoms. The van der Waals surface area contributed by atoms with E-state index in [-0.39, 0.29) is 106 Å². The third kappa shape index (κ3) is 22.4. The highest BCUT2D eigenvalue weighted by atomic mass is 19.4. The van der Waals surface area contributed by atoms with Crippen LogP contribution in [0, 0.1) is 128 Å². The van der Waals surface area contributed by atoms with Crippen molar-refractivity contribution in [2.24, 2.45) is 0 Å². The number of halogens is 34. The highest BCUT2D eigenvalue weighted by Gasteiger charge is 2.47. The normalized spacial score (nSPS) is 12.0. The van der Waals surface area contributed by atoms with E-state index in [1.807, 2.05) is 20.8 Å². The highest BCUT2D eigenvalue weighted by Crippen LogP contribution is 2.47. The average Bonchev–Trinajstić information content (AvgIpc) is 0.769. The lowest BCUT2D eigenvalue weighted by molar-refractivity contribution is -0.190. The molecule has 0 bridgehead atoms. The van der Waals surface area contributed by atoms with Gasteiger partial charge in [0, 0.05) is 53.1 Å². The molecule has 3 nitrogen and oxygen atoms in total. The molecule has 0 radical (unpaired) electrons. The lowest BCUT2D eigenvalue weighted by Gasteiger charge is -2.21. The molecule has 12 aromatic carbocycles. The number of hydrogen-bond acceptors (Lipinski definition) is 3. The Morgan fingerprint density at radius 3 is 0.617 bits per heavy atom. The van der Waals surface area contributed by atoms with Crippen LogP contribution in [0.1, 0.15) is 117 Å². The zero-order valence-electron chi connectivity index (χ0n) is 65.4. The minimum absolute atomic E-state index is 0.0334. The Hall–Kier alpha value is -12.3. The number of rotatable bonds is 26. The molecule has 0 aliphatic carbocycles. The van der Waals surface area contributed by atoms with Gasteiger partial charge < -0.3 is 14.2 Å². The smallest absolute Gasteiger partial charge is 0.429 e. The average molecular weight is 1850 g/mol. The van der Waals surface area contributed by atoms with Crippen LogP contribution in [-0.2, 0) is 49.9 Å². The molecule has 12 rings (SSSR count). The molecule has 0 atom stereocenters. The van der Waals surface area contributed by atoms with Crippen LogP contribution in [0.5, 0.6) is 17.2 Å². The van der Waals surface area contributed by atoms with Gasteiger partial charge in [0.25, 0.3) is 0 Å². The van der Waals surface area contributed by atoms with Gasteiger partial charge >= 0.3 is 30.7 Å². The van der Waals surface area contributed by atoms with Gasteiger partial charge in [-0.1, -0.05) is 89.3 Å². The van der Waals surface area contributed by atoms with E-state index in [0.29, 0.717) is 60.2 Å². The Morgan fingerprint density at radius 1 is 0.203 bits per heavy atom. The van der Waals surface area contributed by atoms with Crippen molar-refractivity contribution in [3.05, 3.63) is 336 Å². The van der Waals surface area contributed by atoms with Gasteiger partial charge in [-0.2, -0.15) is 52.7 Å². The Balaban J connectivity index is 0.000000200. The van der Waals surface area contributed by atoms with Gasteiger partial charge in [-0.3, -0.25) is 0 Å². The number of ether oxygens (including phenoxy) is 3. The van der Waals surface area contributed by atoms with E-state index < -0.39 is 237 Å². The molecule has 0 saturated carbocycles. The second-order valence-corrected chi connectivity index (χ2v) is 28.4. The molecule has 37 heteroatoms. The Morgan fingerprint density at radius 2 is 0.406 bits per heavy atom. The predicted molar refractivity (Wildman–Crippen MR) is 399 cm³/mol. The third-order valence-electron chi connectivity index (χ3n) is 19.3. The minimum atomic E-state index is -5.53. The molecule has 12 aromatic rings. The predicted octanol–water partition coefficient (Wildman–Crippen LogP) is 31.4. The summed E-state index contributed by atoms with van der Waals surface area (Å²) in [5.41, 5.74) is -16.1. The van der Waals surface area contributed by atoms with Crippen molar-refractivity contribution in [1.29, 1.82) is 0 Å². The maximum absolute atomic E-state index is 15.0. The van der Waals surface area contributed by atoms with Crippen molar-refractivity contribution in [2.75, 3.05) is 0 Å². The summed E-state index contributed by atoms with van der Waals surface area (Å²) < 4.78 is 494. The maximum Gasteiger partial charge on any atom is 0.432 e. The van der Waals surface area contributed by atoms with Crippen molar-refractivity contribution in [3.63, 3.8) is 0 Å². The van der Waals surface area contributed by atoms with Crippen molar-refractivity contribution in [1.82, 2.24) is 0 Å². The van der Waals surface area contributed by atoms with Crippen LogP contribution in [0.4, 0.5) is 149 Å². The molecule has 0 N–H and O–H groups in total. The monoisotopic (exact) mass is 1840 g/mol. The number of aryl methyl sites for hydroxylation is 3. The molecule has 0 fully saturated rings. The first-order valence-electron chi connectivity index (χ1n) is 37.7. The van der Waals surface area contributed by atoms with Crippen molar-refractivity contribution in [3.8, 4) is 84.0 Å². The van der Waals surface area contributed by atoms with E-state index >= 15 is 26.3 Å². The molecule has 0 aromatic heterocycles. The number of hydrogen-bond donors (Lipinski definition) is 0. The summed E-state index contributed by atoms with van der Waals surface area (Å²) in [5, 5.41) is 0. The number of unbranched alkanes of at least 4 members (excludes halogenated alkanes) is 5. The molecular weight excluding hydrogens is 1790 g/mol. The van der Waals surface area contributed by atoms with Crippen LogP contribution in [0.3, 0.4) is 0 Å². The van der Waals surface area contributed by atoms with Crippen LogP contribution < -0.4 is 14.2 Å². The van der Waals surface area contributed by atoms with Crippen LogP contribution in [0.15, 0.2) is 164 Å². The molecule has 128 heavy (non-hydrogen) atoms. The van der Waals surface area contributed by atoms with Gasteiger partial charge in [-0.25, -0.2) is 96.6 Å². The summed E-state index contributed by atoms with van der Waals surface area (Å²) in [4.78, 5) is 0. The van der Waals surface area contributed by atoms with Gasteiger partial charge in [0.05, 0.1) is 16.7 Å². The standard InChI is InChI=1S/C31H20F12O.C30H18F12O.C30H20F10O/c1-2-3-4-5-15-6-7-19(20(32)8-15)16-9-21(33)27(22(34)10-16)17-11-23(35)29(24(36)12-17)31(42,43)44-18-13-25(37)28(26(38)14-18)30(39,40)41;1-2-3-4-14-5-6-18(19(31)7-14)15-8-20(32)26(21(33)9-15)16-10-22(34)28(23(35)11-16)30(41,42)43-17-12-24(36)27(25(37)13-17)29(38,39)40;1-2-3-4-5-15-6-7-19(20(31)8-15)16-9-21(32)27(22(33)10-16)17-11-23(34)28(24(35)12-17)30(39,40)41-18-13-25(36)29(38)26(37)14-18/h6-14H,2-5H2,1H3;5-13H,2-4H2,1H3;6-14H,2-5H2,1H3. The van der Waals surface area contributed by atoms with E-state index in [1.165, 1.54) is 36.4 Å². The van der Waals surface area contributed by atoms with Gasteiger partial charge in [0.15, 0.2) is 17.5 Å². The van der Waals surface area contributed by atoms with Crippen LogP contribution in [0.2, 0.25) is 0 Å². The molecule has 0 amide bonds. The summed E-state index contributed by atoms with van der Waals surface area (Å²) in [6, 6.07) is 16.5. The Kier molecular flexibility index (Phi) is 30.2. The molecule has 0 heterocycles. The van der Waals surface area contributed by atoms with E-state index in [0.717, 1.165) is 63.5 Å². The molecule has 0 aliphatic rings. The number of alkyl halides is 12. The zero-order chi connectivity index (χ0) is 94.5. The molecule has 0 saturated heterocycles. The topological polar surface area (TPSA) is 27.7 Å². The largest absolute Gasteiger partial charge is 0.432 e. The van der Waals surface area contributed by atoms with E-state index in [2.05, 4.69) is 14.2 Å². The summed E-state index contributed by atoms with van der Waals surface area (Å²) in [7, 11) is 0.